The number of aromatic nitrogens is 2. The second-order valence-electron chi connectivity index (χ2n) is 8.52. The van der Waals surface area contributed by atoms with Gasteiger partial charge < -0.3 is 14.8 Å². The molecule has 1 fully saturated rings. The predicted octanol–water partition coefficient (Wildman–Crippen LogP) is 4.86. The number of hydrogen-bond donors (Lipinski definition) is 2. The lowest BCUT2D eigenvalue weighted by atomic mass is 9.84. The Kier molecular flexibility index (Phi) is 5.79. The molecule has 1 unspecified atom stereocenters. The average Bonchev–Trinajstić information content (AvgIpc) is 3.23. The van der Waals surface area contributed by atoms with Gasteiger partial charge in [0.2, 0.25) is 11.8 Å². The van der Waals surface area contributed by atoms with Crippen LogP contribution in [0, 0.1) is 0 Å². The fourth-order valence-electron chi connectivity index (χ4n) is 4.19. The minimum absolute atomic E-state index is 0.0988. The molecular formula is C24H29N3O2. The van der Waals surface area contributed by atoms with Crippen molar-refractivity contribution in [3.8, 4) is 11.5 Å². The Morgan fingerprint density at radius 1 is 0.931 bits per heavy atom. The molecule has 152 valence electrons. The summed E-state index contributed by atoms with van der Waals surface area (Å²) in [5.41, 5.74) is 1.24. The van der Waals surface area contributed by atoms with Crippen molar-refractivity contribution in [2.75, 3.05) is 0 Å². The standard InChI is InChI=1S/C24H29N3O2/c1-24(2,28)21(17-9-5-3-6-10-17)25-20-15-13-19(14-16-20)23-27-26-22(29-23)18-11-7-4-8-12-18/h3-12,19-21,25,28H,13-16H2,1-2H3. The van der Waals surface area contributed by atoms with Gasteiger partial charge in [-0.05, 0) is 57.2 Å². The summed E-state index contributed by atoms with van der Waals surface area (Å²) in [5.74, 6) is 1.63. The fraction of sp³-hybridized carbons (Fsp3) is 0.417. The van der Waals surface area contributed by atoms with E-state index in [1.807, 2.05) is 62.4 Å². The van der Waals surface area contributed by atoms with E-state index in [0.29, 0.717) is 17.9 Å². The highest BCUT2D eigenvalue weighted by Crippen LogP contribution is 2.35. The second-order valence-corrected chi connectivity index (χ2v) is 8.52. The molecule has 29 heavy (non-hydrogen) atoms. The third kappa shape index (κ3) is 4.74. The summed E-state index contributed by atoms with van der Waals surface area (Å²) < 4.78 is 5.97. The zero-order valence-corrected chi connectivity index (χ0v) is 17.1. The van der Waals surface area contributed by atoms with Gasteiger partial charge >= 0.3 is 0 Å². The van der Waals surface area contributed by atoms with E-state index in [1.165, 1.54) is 0 Å². The maximum atomic E-state index is 10.7. The van der Waals surface area contributed by atoms with E-state index in [4.69, 9.17) is 4.42 Å². The highest BCUT2D eigenvalue weighted by Gasteiger charge is 2.33. The summed E-state index contributed by atoms with van der Waals surface area (Å²) in [5, 5.41) is 23.0. The molecule has 0 amide bonds. The van der Waals surface area contributed by atoms with Crippen LogP contribution in [-0.4, -0.2) is 26.9 Å². The van der Waals surface area contributed by atoms with E-state index in [0.717, 1.165) is 42.7 Å². The lowest BCUT2D eigenvalue weighted by molar-refractivity contribution is 0.0296. The molecule has 5 heteroatoms. The number of benzene rings is 2. The molecule has 1 heterocycles. The van der Waals surface area contributed by atoms with Crippen molar-refractivity contribution in [2.45, 2.75) is 63.1 Å². The van der Waals surface area contributed by atoms with E-state index in [9.17, 15) is 5.11 Å². The van der Waals surface area contributed by atoms with Gasteiger partial charge in [-0.25, -0.2) is 0 Å². The van der Waals surface area contributed by atoms with Crippen molar-refractivity contribution >= 4 is 0 Å². The zero-order chi connectivity index (χ0) is 20.3. The summed E-state index contributed by atoms with van der Waals surface area (Å²) >= 11 is 0. The summed E-state index contributed by atoms with van der Waals surface area (Å²) in [6.45, 7) is 3.74. The SMILES string of the molecule is CC(C)(O)C(NC1CCC(c2nnc(-c3ccccc3)o2)CC1)c1ccccc1. The van der Waals surface area contributed by atoms with Crippen LogP contribution in [0.3, 0.4) is 0 Å². The van der Waals surface area contributed by atoms with Crippen LogP contribution >= 0.6 is 0 Å². The van der Waals surface area contributed by atoms with Gasteiger partial charge in [0.15, 0.2) is 0 Å². The first-order chi connectivity index (χ1) is 14.0. The van der Waals surface area contributed by atoms with Gasteiger partial charge in [-0.15, -0.1) is 10.2 Å². The van der Waals surface area contributed by atoms with Crippen LogP contribution in [0.5, 0.6) is 0 Å². The average molecular weight is 392 g/mol. The molecule has 1 aliphatic carbocycles. The van der Waals surface area contributed by atoms with Crippen LogP contribution in [-0.2, 0) is 0 Å². The van der Waals surface area contributed by atoms with Crippen LogP contribution in [0.4, 0.5) is 0 Å². The van der Waals surface area contributed by atoms with Crippen LogP contribution in [0.15, 0.2) is 65.1 Å². The first kappa shape index (κ1) is 19.8. The zero-order valence-electron chi connectivity index (χ0n) is 17.1. The Balaban J connectivity index is 1.39. The maximum Gasteiger partial charge on any atom is 0.247 e. The molecular weight excluding hydrogens is 362 g/mol. The van der Waals surface area contributed by atoms with Crippen LogP contribution in [0.1, 0.15) is 62.9 Å². The Labute approximate surface area is 172 Å². The quantitative estimate of drug-likeness (QED) is 0.628. The summed E-state index contributed by atoms with van der Waals surface area (Å²) in [4.78, 5) is 0. The topological polar surface area (TPSA) is 71.2 Å². The van der Waals surface area contributed by atoms with Crippen molar-refractivity contribution in [3.05, 3.63) is 72.1 Å². The highest BCUT2D eigenvalue weighted by molar-refractivity contribution is 5.51. The normalized spacial score (nSPS) is 21.1. The van der Waals surface area contributed by atoms with Crippen molar-refractivity contribution in [2.24, 2.45) is 0 Å². The monoisotopic (exact) mass is 391 g/mol. The van der Waals surface area contributed by atoms with Gasteiger partial charge in [0.1, 0.15) is 0 Å². The number of hydrogen-bond acceptors (Lipinski definition) is 5. The molecule has 0 spiro atoms. The number of aliphatic hydroxyl groups is 1. The van der Waals surface area contributed by atoms with Crippen molar-refractivity contribution in [1.82, 2.24) is 15.5 Å². The van der Waals surface area contributed by atoms with Crippen molar-refractivity contribution in [3.63, 3.8) is 0 Å². The van der Waals surface area contributed by atoms with Gasteiger partial charge in [-0.1, -0.05) is 48.5 Å². The van der Waals surface area contributed by atoms with Gasteiger partial charge in [-0.2, -0.15) is 0 Å². The molecule has 1 saturated carbocycles. The molecule has 1 aromatic heterocycles. The van der Waals surface area contributed by atoms with Crippen LogP contribution < -0.4 is 5.32 Å². The molecule has 3 aromatic rings. The minimum Gasteiger partial charge on any atom is -0.420 e. The molecule has 0 radical (unpaired) electrons. The number of nitrogens with one attached hydrogen (secondary N) is 1. The summed E-state index contributed by atoms with van der Waals surface area (Å²) in [6, 6.07) is 20.4. The van der Waals surface area contributed by atoms with Crippen LogP contribution in [0.2, 0.25) is 0 Å². The van der Waals surface area contributed by atoms with E-state index in [1.54, 1.807) is 0 Å². The first-order valence-electron chi connectivity index (χ1n) is 10.4. The van der Waals surface area contributed by atoms with E-state index in [-0.39, 0.29) is 6.04 Å². The molecule has 1 atom stereocenters. The Hall–Kier alpha value is -2.50. The fourth-order valence-corrected chi connectivity index (χ4v) is 4.19. The molecule has 1 aliphatic rings. The third-order valence-electron chi connectivity index (χ3n) is 5.78. The molecule has 0 bridgehead atoms. The molecule has 5 nitrogen and oxygen atoms in total. The number of rotatable bonds is 6. The molecule has 2 aromatic carbocycles. The summed E-state index contributed by atoms with van der Waals surface area (Å²) in [6.07, 6.45) is 4.04. The Bertz CT molecular complexity index is 895. The van der Waals surface area contributed by atoms with Gasteiger partial charge in [0.05, 0.1) is 11.6 Å². The van der Waals surface area contributed by atoms with E-state index in [2.05, 4.69) is 27.6 Å². The molecule has 0 aliphatic heterocycles. The number of nitrogens with zero attached hydrogens (tertiary/aromatic N) is 2. The van der Waals surface area contributed by atoms with Crippen molar-refractivity contribution < 1.29 is 9.52 Å². The lowest BCUT2D eigenvalue weighted by Gasteiger charge is -2.36. The van der Waals surface area contributed by atoms with Gasteiger partial charge in [0, 0.05) is 17.5 Å². The van der Waals surface area contributed by atoms with Crippen LogP contribution in [0.25, 0.3) is 11.5 Å². The molecule has 4 rings (SSSR count). The van der Waals surface area contributed by atoms with Gasteiger partial charge in [-0.3, -0.25) is 0 Å². The lowest BCUT2D eigenvalue weighted by Crippen LogP contribution is -2.45. The second kappa shape index (κ2) is 8.47. The molecule has 2 N–H and O–H groups in total. The Morgan fingerprint density at radius 3 is 2.17 bits per heavy atom. The molecule has 0 saturated heterocycles. The smallest absolute Gasteiger partial charge is 0.247 e. The predicted molar refractivity (Wildman–Crippen MR) is 113 cm³/mol. The summed E-state index contributed by atoms with van der Waals surface area (Å²) in [7, 11) is 0. The maximum absolute atomic E-state index is 10.7. The third-order valence-corrected chi connectivity index (χ3v) is 5.78. The largest absolute Gasteiger partial charge is 0.420 e. The van der Waals surface area contributed by atoms with Crippen molar-refractivity contribution in [1.29, 1.82) is 0 Å². The van der Waals surface area contributed by atoms with E-state index >= 15 is 0 Å². The minimum atomic E-state index is -0.838. The Morgan fingerprint density at radius 2 is 1.55 bits per heavy atom. The first-order valence-corrected chi connectivity index (χ1v) is 10.4. The van der Waals surface area contributed by atoms with Gasteiger partial charge in [0.25, 0.3) is 0 Å². The van der Waals surface area contributed by atoms with E-state index < -0.39 is 5.60 Å². The highest BCUT2D eigenvalue weighted by atomic mass is 16.4.